The predicted octanol–water partition coefficient (Wildman–Crippen LogP) is 1.25. The lowest BCUT2D eigenvalue weighted by molar-refractivity contribution is -0.868. The van der Waals surface area contributed by atoms with Crippen LogP contribution in [0.4, 0.5) is 0 Å². The molecule has 0 atom stereocenters. The van der Waals surface area contributed by atoms with Gasteiger partial charge >= 0.3 is 0 Å². The summed E-state index contributed by atoms with van der Waals surface area (Å²) < 4.78 is 1.70. The summed E-state index contributed by atoms with van der Waals surface area (Å²) in [6.45, 7) is 7.24. The number of nitrogens with one attached hydrogen (secondary N) is 1. The second-order valence-corrected chi connectivity index (χ2v) is 6.78. The number of hydrogen-bond donors (Lipinski definition) is 1. The summed E-state index contributed by atoms with van der Waals surface area (Å²) in [5, 5.41) is 12.3. The molecular weight excluding hydrogens is 250 g/mol. The molecule has 1 aliphatic heterocycles. The molecule has 2 aliphatic rings. The predicted molar refractivity (Wildman–Crippen MR) is 78.5 cm³/mol. The van der Waals surface area contributed by atoms with Crippen molar-refractivity contribution in [3.05, 3.63) is 24.4 Å². The number of allylic oxidation sites excluding steroid dienone is 2. The summed E-state index contributed by atoms with van der Waals surface area (Å²) in [5.41, 5.74) is 2.98. The molecule has 0 bridgehead atoms. The zero-order valence-electron chi connectivity index (χ0n) is 12.5. The monoisotopic (exact) mass is 274 g/mol. The first-order valence-corrected chi connectivity index (χ1v) is 7.61. The quantitative estimate of drug-likeness (QED) is 0.882. The van der Waals surface area contributed by atoms with Crippen LogP contribution in [0.15, 0.2) is 29.5 Å². The molecule has 0 spiro atoms. The second kappa shape index (κ2) is 5.48. The molecule has 20 heavy (non-hydrogen) atoms. The average Bonchev–Trinajstić information content (AvgIpc) is 2.91. The van der Waals surface area contributed by atoms with Crippen LogP contribution in [0.1, 0.15) is 46.0 Å². The molecule has 1 N–H and O–H groups in total. The number of likely N-dealkylation sites (tertiary alicyclic amines) is 1. The molecule has 1 aromatic heterocycles. The van der Waals surface area contributed by atoms with E-state index in [1.807, 2.05) is 0 Å². The minimum atomic E-state index is 0.293. The Kier molecular flexibility index (Phi) is 3.70. The van der Waals surface area contributed by atoms with Gasteiger partial charge in [0.25, 0.3) is 0 Å². The van der Waals surface area contributed by atoms with Crippen LogP contribution in [0.2, 0.25) is 0 Å². The molecule has 0 radical (unpaired) electrons. The van der Waals surface area contributed by atoms with E-state index in [1.165, 1.54) is 44.5 Å². The van der Waals surface area contributed by atoms with Crippen molar-refractivity contribution in [3.8, 4) is 0 Å². The molecule has 0 aromatic carbocycles. The van der Waals surface area contributed by atoms with Gasteiger partial charge in [0.05, 0.1) is 18.8 Å². The summed E-state index contributed by atoms with van der Waals surface area (Å²) in [6, 6.07) is 0. The molecule has 1 aliphatic carbocycles. The first-order valence-electron chi connectivity index (χ1n) is 7.61. The lowest BCUT2D eigenvalue weighted by Gasteiger charge is -2.34. The smallest absolute Gasteiger partial charge is 0.141 e. The number of quaternary nitrogens is 1. The average molecular weight is 274 g/mol. The van der Waals surface area contributed by atoms with Gasteiger partial charge in [0.1, 0.15) is 18.4 Å². The highest BCUT2D eigenvalue weighted by Gasteiger charge is 2.32. The van der Waals surface area contributed by atoms with Crippen molar-refractivity contribution in [1.82, 2.24) is 14.9 Å². The summed E-state index contributed by atoms with van der Waals surface area (Å²) in [5.74, 6) is 0. The van der Waals surface area contributed by atoms with Crippen molar-refractivity contribution in [1.29, 1.82) is 0 Å². The lowest BCUT2D eigenvalue weighted by atomic mass is 9.78. The number of hydrogen-bond acceptors (Lipinski definition) is 3. The molecule has 1 aromatic rings. The Morgan fingerprint density at radius 2 is 1.80 bits per heavy atom. The number of nitrogens with zero attached hydrogens (tertiary/aromatic N) is 4. The molecule has 0 unspecified atom stereocenters. The Morgan fingerprint density at radius 1 is 1.10 bits per heavy atom. The Bertz CT molecular complexity index is 506. The number of piperidine rings is 1. The van der Waals surface area contributed by atoms with Gasteiger partial charge in [-0.3, -0.25) is 0 Å². The Hall–Kier alpha value is -1.49. The van der Waals surface area contributed by atoms with Crippen molar-refractivity contribution < 1.29 is 4.90 Å². The van der Waals surface area contributed by atoms with E-state index in [-0.39, 0.29) is 0 Å². The van der Waals surface area contributed by atoms with E-state index in [9.17, 15) is 0 Å². The van der Waals surface area contributed by atoms with Crippen molar-refractivity contribution in [2.24, 2.45) is 10.5 Å². The molecule has 0 amide bonds. The summed E-state index contributed by atoms with van der Waals surface area (Å²) >= 11 is 0. The maximum absolute atomic E-state index is 4.64. The van der Waals surface area contributed by atoms with Crippen molar-refractivity contribution in [2.45, 2.75) is 46.0 Å². The van der Waals surface area contributed by atoms with E-state index in [2.05, 4.69) is 35.2 Å². The minimum Gasteiger partial charge on any atom is -0.306 e. The van der Waals surface area contributed by atoms with Gasteiger partial charge < -0.3 is 4.90 Å². The fourth-order valence-electron chi connectivity index (χ4n) is 3.36. The van der Waals surface area contributed by atoms with Crippen LogP contribution in [-0.4, -0.2) is 33.7 Å². The highest BCUT2D eigenvalue weighted by molar-refractivity contribution is 5.96. The normalized spacial score (nSPS) is 25.7. The first-order chi connectivity index (χ1) is 9.62. The molecule has 0 saturated carbocycles. The van der Waals surface area contributed by atoms with E-state index in [0.29, 0.717) is 5.41 Å². The topological polar surface area (TPSA) is 47.5 Å². The van der Waals surface area contributed by atoms with Crippen LogP contribution in [0.5, 0.6) is 0 Å². The highest BCUT2D eigenvalue weighted by Crippen LogP contribution is 2.32. The lowest BCUT2D eigenvalue weighted by Crippen LogP contribution is -3.11. The molecule has 3 rings (SSSR count). The van der Waals surface area contributed by atoms with Crippen LogP contribution < -0.4 is 4.90 Å². The third kappa shape index (κ3) is 3.15. The molecule has 5 heteroatoms. The van der Waals surface area contributed by atoms with Crippen LogP contribution in [-0.2, 0) is 0 Å². The largest absolute Gasteiger partial charge is 0.306 e. The fourth-order valence-corrected chi connectivity index (χ4v) is 3.36. The molecule has 5 nitrogen and oxygen atoms in total. The minimum absolute atomic E-state index is 0.293. The van der Waals surface area contributed by atoms with E-state index in [0.717, 1.165) is 12.1 Å². The zero-order valence-corrected chi connectivity index (χ0v) is 12.5. The Morgan fingerprint density at radius 3 is 2.50 bits per heavy atom. The van der Waals surface area contributed by atoms with Crippen LogP contribution in [0.3, 0.4) is 0 Å². The van der Waals surface area contributed by atoms with Gasteiger partial charge in [0.15, 0.2) is 0 Å². The van der Waals surface area contributed by atoms with Gasteiger partial charge in [0.2, 0.25) is 0 Å². The van der Waals surface area contributed by atoms with Gasteiger partial charge in [-0.05, 0) is 31.1 Å². The zero-order chi connectivity index (χ0) is 14.0. The van der Waals surface area contributed by atoms with Gasteiger partial charge in [-0.1, -0.05) is 13.8 Å². The number of rotatable bonds is 2. The summed E-state index contributed by atoms with van der Waals surface area (Å²) in [4.78, 5) is 1.67. The van der Waals surface area contributed by atoms with Crippen molar-refractivity contribution >= 4 is 5.71 Å². The maximum atomic E-state index is 4.64. The third-order valence-corrected chi connectivity index (χ3v) is 4.23. The SMILES string of the molecule is CC1(C)CC([NH+]2CCCCC2)=C/C(=N\n2cnnc2)C1. The van der Waals surface area contributed by atoms with Gasteiger partial charge in [-0.15, -0.1) is 10.2 Å². The molecular formula is C15H24N5+. The molecule has 1 saturated heterocycles. The van der Waals surface area contributed by atoms with Gasteiger partial charge in [-0.2, -0.15) is 5.10 Å². The maximum Gasteiger partial charge on any atom is 0.141 e. The number of aromatic nitrogens is 3. The van der Waals surface area contributed by atoms with Crippen molar-refractivity contribution in [3.63, 3.8) is 0 Å². The van der Waals surface area contributed by atoms with E-state index in [4.69, 9.17) is 0 Å². The van der Waals surface area contributed by atoms with E-state index in [1.54, 1.807) is 22.2 Å². The van der Waals surface area contributed by atoms with Gasteiger partial charge in [0, 0.05) is 12.5 Å². The Labute approximate surface area is 120 Å². The van der Waals surface area contributed by atoms with Crippen LogP contribution in [0, 0.1) is 5.41 Å². The van der Waals surface area contributed by atoms with E-state index >= 15 is 0 Å². The van der Waals surface area contributed by atoms with Gasteiger partial charge in [-0.25, -0.2) is 4.68 Å². The van der Waals surface area contributed by atoms with Crippen LogP contribution in [0.25, 0.3) is 0 Å². The summed E-state index contributed by atoms with van der Waals surface area (Å²) in [7, 11) is 0. The highest BCUT2D eigenvalue weighted by atomic mass is 15.4. The van der Waals surface area contributed by atoms with E-state index < -0.39 is 0 Å². The second-order valence-electron chi connectivity index (χ2n) is 6.78. The molecule has 108 valence electrons. The molecule has 1 fully saturated rings. The first kappa shape index (κ1) is 13.5. The Balaban J connectivity index is 1.86. The third-order valence-electron chi connectivity index (χ3n) is 4.23. The standard InChI is InChI=1S/C15H23N5/c1-15(2)9-13(18-20-11-16-17-12-20)8-14(10-15)19-6-4-3-5-7-19/h8,11-12H,3-7,9-10H2,1-2H3/p+1/b18-13+. The molecule has 2 heterocycles. The van der Waals surface area contributed by atoms with Crippen molar-refractivity contribution in [2.75, 3.05) is 13.1 Å². The van der Waals surface area contributed by atoms with Crippen LogP contribution >= 0.6 is 0 Å². The summed E-state index contributed by atoms with van der Waals surface area (Å²) in [6.07, 6.45) is 11.9. The fraction of sp³-hybridized carbons (Fsp3) is 0.667.